The Morgan fingerprint density at radius 2 is 2.22 bits per heavy atom. The van der Waals surface area contributed by atoms with Crippen LogP contribution in [-0.4, -0.2) is 8.75 Å². The fourth-order valence-electron chi connectivity index (χ4n) is 1.84. The number of thiophene rings is 1. The van der Waals surface area contributed by atoms with Crippen LogP contribution in [0.3, 0.4) is 0 Å². The summed E-state index contributed by atoms with van der Waals surface area (Å²) < 4.78 is 9.82. The minimum absolute atomic E-state index is 0.877. The summed E-state index contributed by atoms with van der Waals surface area (Å²) in [5, 5.41) is 0. The van der Waals surface area contributed by atoms with E-state index < -0.39 is 0 Å². The first kappa shape index (κ1) is 12.0. The van der Waals surface area contributed by atoms with Gasteiger partial charge >= 0.3 is 0 Å². The summed E-state index contributed by atoms with van der Waals surface area (Å²) >= 11 is 6.60. The van der Waals surface area contributed by atoms with Crippen molar-refractivity contribution >= 4 is 50.0 Å². The third-order valence-electron chi connectivity index (χ3n) is 2.67. The third kappa shape index (κ3) is 2.02. The Bertz CT molecular complexity index is 715. The number of aromatic nitrogens is 2. The molecule has 18 heavy (non-hydrogen) atoms. The molecule has 90 valence electrons. The fraction of sp³-hybridized carbons (Fsp3) is 0.0769. The van der Waals surface area contributed by atoms with Crippen molar-refractivity contribution in [2.75, 3.05) is 0 Å². The molecule has 3 rings (SSSR count). The quantitative estimate of drug-likeness (QED) is 0.635. The van der Waals surface area contributed by atoms with E-state index in [1.807, 2.05) is 18.2 Å². The Morgan fingerprint density at radius 1 is 1.33 bits per heavy atom. The van der Waals surface area contributed by atoms with E-state index in [-0.39, 0.29) is 0 Å². The summed E-state index contributed by atoms with van der Waals surface area (Å²) in [6, 6.07) is 8.32. The Hall–Kier alpha value is -1.04. The van der Waals surface area contributed by atoms with Gasteiger partial charge in [0.15, 0.2) is 0 Å². The number of halogens is 1. The van der Waals surface area contributed by atoms with Gasteiger partial charge in [-0.2, -0.15) is 8.75 Å². The second kappa shape index (κ2) is 4.91. The number of fused-ring (bicyclic) bond motifs is 1. The standard InChI is InChI=1S/C13H9BrN2S2/c1-2-4-8-7-11(17-13(8)14)9-5-3-6-10-12(9)16-18-15-10/h2-3,5-7H,1,4H2. The van der Waals surface area contributed by atoms with Gasteiger partial charge in [0.25, 0.3) is 0 Å². The summed E-state index contributed by atoms with van der Waals surface area (Å²) in [7, 11) is 0. The molecule has 0 atom stereocenters. The first-order chi connectivity index (χ1) is 8.79. The zero-order chi connectivity index (χ0) is 12.5. The minimum Gasteiger partial charge on any atom is -0.173 e. The van der Waals surface area contributed by atoms with Crippen LogP contribution in [0.25, 0.3) is 21.5 Å². The molecular weight excluding hydrogens is 328 g/mol. The molecule has 0 spiro atoms. The number of allylic oxidation sites excluding steroid dienone is 1. The topological polar surface area (TPSA) is 25.8 Å². The smallest absolute Gasteiger partial charge is 0.113 e. The van der Waals surface area contributed by atoms with E-state index in [9.17, 15) is 0 Å². The van der Waals surface area contributed by atoms with E-state index in [0.29, 0.717) is 0 Å². The molecule has 2 nitrogen and oxygen atoms in total. The number of rotatable bonds is 3. The van der Waals surface area contributed by atoms with Gasteiger partial charge < -0.3 is 0 Å². The van der Waals surface area contributed by atoms with Gasteiger partial charge in [0, 0.05) is 10.4 Å². The van der Waals surface area contributed by atoms with Crippen molar-refractivity contribution in [1.29, 1.82) is 0 Å². The van der Waals surface area contributed by atoms with Crippen LogP contribution in [0.15, 0.2) is 40.7 Å². The molecule has 0 N–H and O–H groups in total. The maximum Gasteiger partial charge on any atom is 0.113 e. The van der Waals surface area contributed by atoms with E-state index in [1.165, 1.54) is 22.2 Å². The van der Waals surface area contributed by atoms with Crippen LogP contribution >= 0.6 is 39.0 Å². The summed E-state index contributed by atoms with van der Waals surface area (Å²) in [5.74, 6) is 0. The van der Waals surface area contributed by atoms with E-state index in [1.54, 1.807) is 11.3 Å². The van der Waals surface area contributed by atoms with Crippen molar-refractivity contribution in [2.24, 2.45) is 0 Å². The van der Waals surface area contributed by atoms with E-state index in [0.717, 1.165) is 26.8 Å². The van der Waals surface area contributed by atoms with Crippen LogP contribution in [0.2, 0.25) is 0 Å². The van der Waals surface area contributed by atoms with Gasteiger partial charge in [0.2, 0.25) is 0 Å². The number of benzene rings is 1. The lowest BCUT2D eigenvalue weighted by Gasteiger charge is -1.96. The summed E-state index contributed by atoms with van der Waals surface area (Å²) in [6.07, 6.45) is 2.80. The molecule has 0 unspecified atom stereocenters. The Balaban J connectivity index is 2.17. The van der Waals surface area contributed by atoms with Gasteiger partial charge in [0.05, 0.1) is 15.5 Å². The van der Waals surface area contributed by atoms with Crippen LogP contribution < -0.4 is 0 Å². The maximum atomic E-state index is 4.38. The van der Waals surface area contributed by atoms with Crippen molar-refractivity contribution in [1.82, 2.24) is 8.75 Å². The highest BCUT2D eigenvalue weighted by molar-refractivity contribution is 9.11. The molecule has 5 heteroatoms. The summed E-state index contributed by atoms with van der Waals surface area (Å²) in [5.41, 5.74) is 4.38. The zero-order valence-electron chi connectivity index (χ0n) is 9.39. The predicted molar refractivity (Wildman–Crippen MR) is 82.3 cm³/mol. The molecule has 0 saturated heterocycles. The molecule has 0 aliphatic heterocycles. The van der Waals surface area contributed by atoms with Gasteiger partial charge in [-0.15, -0.1) is 17.9 Å². The van der Waals surface area contributed by atoms with Crippen LogP contribution in [0.4, 0.5) is 0 Å². The van der Waals surface area contributed by atoms with Gasteiger partial charge in [-0.05, 0) is 40.0 Å². The number of hydrogen-bond acceptors (Lipinski definition) is 4. The van der Waals surface area contributed by atoms with Crippen molar-refractivity contribution in [3.63, 3.8) is 0 Å². The van der Waals surface area contributed by atoms with Gasteiger partial charge in [0.1, 0.15) is 11.0 Å². The van der Waals surface area contributed by atoms with Crippen LogP contribution in [0.1, 0.15) is 5.56 Å². The van der Waals surface area contributed by atoms with Crippen molar-refractivity contribution in [3.8, 4) is 10.4 Å². The van der Waals surface area contributed by atoms with E-state index in [2.05, 4.69) is 43.4 Å². The second-order valence-electron chi connectivity index (χ2n) is 3.84. The molecule has 0 aliphatic carbocycles. The van der Waals surface area contributed by atoms with Crippen LogP contribution in [0, 0.1) is 0 Å². The van der Waals surface area contributed by atoms with E-state index >= 15 is 0 Å². The maximum absolute atomic E-state index is 4.38. The molecule has 0 radical (unpaired) electrons. The first-order valence-electron chi connectivity index (χ1n) is 5.40. The molecule has 3 aromatic rings. The molecule has 0 bridgehead atoms. The molecule has 0 fully saturated rings. The van der Waals surface area contributed by atoms with Crippen LogP contribution in [-0.2, 0) is 6.42 Å². The number of hydrogen-bond donors (Lipinski definition) is 0. The molecule has 0 amide bonds. The van der Waals surface area contributed by atoms with Crippen LogP contribution in [0.5, 0.6) is 0 Å². The Labute approximate surface area is 121 Å². The first-order valence-corrected chi connectivity index (χ1v) is 7.74. The highest BCUT2D eigenvalue weighted by atomic mass is 79.9. The Kier molecular flexibility index (Phi) is 3.28. The van der Waals surface area contributed by atoms with Crippen molar-refractivity contribution in [3.05, 3.63) is 46.3 Å². The average molecular weight is 337 g/mol. The normalized spacial score (nSPS) is 10.9. The van der Waals surface area contributed by atoms with Gasteiger partial charge in [-0.3, -0.25) is 0 Å². The van der Waals surface area contributed by atoms with Gasteiger partial charge in [-0.25, -0.2) is 0 Å². The number of nitrogens with zero attached hydrogens (tertiary/aromatic N) is 2. The lowest BCUT2D eigenvalue weighted by atomic mass is 10.1. The van der Waals surface area contributed by atoms with E-state index in [4.69, 9.17) is 0 Å². The lowest BCUT2D eigenvalue weighted by Crippen LogP contribution is -1.77. The highest BCUT2D eigenvalue weighted by Gasteiger charge is 2.12. The molecule has 2 heterocycles. The van der Waals surface area contributed by atoms with Gasteiger partial charge in [-0.1, -0.05) is 18.2 Å². The lowest BCUT2D eigenvalue weighted by molar-refractivity contribution is 1.29. The molecule has 0 saturated carbocycles. The third-order valence-corrected chi connectivity index (χ3v) is 5.21. The zero-order valence-corrected chi connectivity index (χ0v) is 12.6. The average Bonchev–Trinajstić information content (AvgIpc) is 2.96. The monoisotopic (exact) mass is 336 g/mol. The fourth-order valence-corrected chi connectivity index (χ4v) is 4.13. The Morgan fingerprint density at radius 3 is 3.06 bits per heavy atom. The van der Waals surface area contributed by atoms with Crippen molar-refractivity contribution in [2.45, 2.75) is 6.42 Å². The predicted octanol–water partition coefficient (Wildman–Crippen LogP) is 4.91. The largest absolute Gasteiger partial charge is 0.173 e. The molecule has 2 aromatic heterocycles. The molecular formula is C13H9BrN2S2. The molecule has 1 aromatic carbocycles. The summed E-state index contributed by atoms with van der Waals surface area (Å²) in [6.45, 7) is 3.78. The van der Waals surface area contributed by atoms with Crippen molar-refractivity contribution < 1.29 is 0 Å². The summed E-state index contributed by atoms with van der Waals surface area (Å²) in [4.78, 5) is 1.22. The SMILES string of the molecule is C=CCc1cc(-c2cccc3nsnc23)sc1Br. The highest BCUT2D eigenvalue weighted by Crippen LogP contribution is 2.38. The second-order valence-corrected chi connectivity index (χ2v) is 6.74. The molecule has 0 aliphatic rings. The minimum atomic E-state index is 0.877.